The molecule has 0 radical (unpaired) electrons. The molecule has 1 aromatic carbocycles. The Morgan fingerprint density at radius 3 is 2.33 bits per heavy atom. The summed E-state index contributed by atoms with van der Waals surface area (Å²) in [4.78, 5) is 16.5. The van der Waals surface area contributed by atoms with Crippen LogP contribution in [-0.4, -0.2) is 67.9 Å². The monoisotopic (exact) mass is 374 g/mol. The van der Waals surface area contributed by atoms with Crippen LogP contribution in [0.2, 0.25) is 5.02 Å². The van der Waals surface area contributed by atoms with Crippen LogP contribution >= 0.6 is 11.6 Å². The van der Waals surface area contributed by atoms with E-state index in [9.17, 15) is 17.6 Å². The first kappa shape index (κ1) is 17.6. The average molecular weight is 375 g/mol. The van der Waals surface area contributed by atoms with Crippen LogP contribution in [0.5, 0.6) is 0 Å². The number of carbonyl (C=O) groups excluding carboxylic acids is 1. The van der Waals surface area contributed by atoms with Gasteiger partial charge in [0, 0.05) is 32.2 Å². The highest BCUT2D eigenvalue weighted by atomic mass is 35.5. The molecular weight excluding hydrogens is 355 g/mol. The van der Waals surface area contributed by atoms with Crippen LogP contribution in [0, 0.1) is 5.82 Å². The van der Waals surface area contributed by atoms with Crippen molar-refractivity contribution in [1.29, 1.82) is 0 Å². The van der Waals surface area contributed by atoms with Gasteiger partial charge in [-0.05, 0) is 31.0 Å². The molecule has 0 unspecified atom stereocenters. The van der Waals surface area contributed by atoms with Gasteiger partial charge in [0.1, 0.15) is 5.82 Å². The fourth-order valence-electron chi connectivity index (χ4n) is 3.36. The summed E-state index contributed by atoms with van der Waals surface area (Å²) in [6.07, 6.45) is 1.62. The van der Waals surface area contributed by atoms with Gasteiger partial charge in [-0.1, -0.05) is 11.6 Å². The molecule has 0 aromatic heterocycles. The van der Waals surface area contributed by atoms with Crippen molar-refractivity contribution in [3.05, 3.63) is 34.6 Å². The van der Waals surface area contributed by atoms with E-state index in [-0.39, 0.29) is 22.4 Å². The van der Waals surface area contributed by atoms with E-state index in [1.54, 1.807) is 4.90 Å². The highest BCUT2D eigenvalue weighted by Gasteiger charge is 2.31. The lowest BCUT2D eigenvalue weighted by molar-refractivity contribution is 0.0629. The van der Waals surface area contributed by atoms with Crippen LogP contribution in [0.15, 0.2) is 18.2 Å². The Bertz CT molecular complexity index is 719. The minimum absolute atomic E-state index is 0.128. The van der Waals surface area contributed by atoms with E-state index in [4.69, 9.17) is 11.6 Å². The van der Waals surface area contributed by atoms with Crippen LogP contribution < -0.4 is 0 Å². The number of carbonyl (C=O) groups is 1. The molecule has 2 heterocycles. The summed E-state index contributed by atoms with van der Waals surface area (Å²) in [5.41, 5.74) is 0.320. The third-order valence-corrected chi connectivity index (χ3v) is 6.73. The van der Waals surface area contributed by atoms with Crippen molar-refractivity contribution in [3.8, 4) is 0 Å². The van der Waals surface area contributed by atoms with Gasteiger partial charge in [-0.3, -0.25) is 9.69 Å². The first-order valence-corrected chi connectivity index (χ1v) is 10.2. The third-order valence-electron chi connectivity index (χ3n) is 4.81. The summed E-state index contributed by atoms with van der Waals surface area (Å²) in [6.45, 7) is 2.34. The lowest BCUT2D eigenvalue weighted by atomic mass is 10.0. The molecule has 0 atom stereocenters. The summed E-state index contributed by atoms with van der Waals surface area (Å²) in [5.74, 6) is -0.204. The molecule has 2 aliphatic heterocycles. The predicted octanol–water partition coefficient (Wildman–Crippen LogP) is 1.81. The Morgan fingerprint density at radius 1 is 1.12 bits per heavy atom. The molecule has 0 aliphatic carbocycles. The zero-order valence-corrected chi connectivity index (χ0v) is 14.8. The van der Waals surface area contributed by atoms with Crippen molar-refractivity contribution in [2.24, 2.45) is 0 Å². The zero-order chi connectivity index (χ0) is 17.3. The van der Waals surface area contributed by atoms with Gasteiger partial charge in [0.25, 0.3) is 5.91 Å². The zero-order valence-electron chi connectivity index (χ0n) is 13.2. The molecule has 1 amide bonds. The number of piperidine rings is 1. The highest BCUT2D eigenvalue weighted by molar-refractivity contribution is 7.91. The number of likely N-dealkylation sites (tertiary alicyclic amines) is 1. The quantitative estimate of drug-likeness (QED) is 0.792. The van der Waals surface area contributed by atoms with Crippen molar-refractivity contribution in [3.63, 3.8) is 0 Å². The molecule has 0 bridgehead atoms. The molecule has 2 fully saturated rings. The Labute approximate surface area is 146 Å². The van der Waals surface area contributed by atoms with E-state index in [0.717, 1.165) is 18.9 Å². The lowest BCUT2D eigenvalue weighted by Gasteiger charge is -2.40. The summed E-state index contributed by atoms with van der Waals surface area (Å²) in [7, 11) is -2.87. The second kappa shape index (κ2) is 6.98. The van der Waals surface area contributed by atoms with E-state index in [1.165, 1.54) is 12.1 Å². The Kier molecular flexibility index (Phi) is 5.13. The maximum absolute atomic E-state index is 13.1. The number of benzene rings is 1. The number of halogens is 2. The fourth-order valence-corrected chi connectivity index (χ4v) is 4.84. The fraction of sp³-hybridized carbons (Fsp3) is 0.562. The van der Waals surface area contributed by atoms with Gasteiger partial charge >= 0.3 is 0 Å². The Morgan fingerprint density at radius 2 is 1.75 bits per heavy atom. The molecule has 132 valence electrons. The van der Waals surface area contributed by atoms with Gasteiger partial charge in [0.15, 0.2) is 9.84 Å². The number of sulfone groups is 1. The van der Waals surface area contributed by atoms with Crippen LogP contribution in [0.25, 0.3) is 0 Å². The molecule has 3 rings (SSSR count). The van der Waals surface area contributed by atoms with Gasteiger partial charge in [-0.2, -0.15) is 0 Å². The van der Waals surface area contributed by atoms with Gasteiger partial charge in [0.05, 0.1) is 22.1 Å². The topological polar surface area (TPSA) is 57.7 Å². The molecule has 0 N–H and O–H groups in total. The second-order valence-corrected chi connectivity index (χ2v) is 9.05. The molecule has 2 aliphatic rings. The normalized spacial score (nSPS) is 22.5. The van der Waals surface area contributed by atoms with Crippen molar-refractivity contribution in [2.75, 3.05) is 37.7 Å². The summed E-state index contributed by atoms with van der Waals surface area (Å²) >= 11 is 5.97. The third kappa shape index (κ3) is 3.90. The average Bonchev–Trinajstić information content (AvgIpc) is 2.54. The van der Waals surface area contributed by atoms with E-state index in [0.29, 0.717) is 37.8 Å². The molecule has 2 saturated heterocycles. The molecular formula is C16H20ClFN2O3S. The van der Waals surface area contributed by atoms with Gasteiger partial charge in [-0.15, -0.1) is 0 Å². The summed E-state index contributed by atoms with van der Waals surface area (Å²) < 4.78 is 36.1. The second-order valence-electron chi connectivity index (χ2n) is 6.34. The number of amides is 1. The summed E-state index contributed by atoms with van der Waals surface area (Å²) in [5, 5.41) is 0.128. The Hall–Kier alpha value is -1.18. The van der Waals surface area contributed by atoms with Gasteiger partial charge in [-0.25, -0.2) is 12.8 Å². The minimum Gasteiger partial charge on any atom is -0.338 e. The number of hydrogen-bond acceptors (Lipinski definition) is 4. The van der Waals surface area contributed by atoms with E-state index in [1.807, 2.05) is 0 Å². The molecule has 0 saturated carbocycles. The minimum atomic E-state index is -2.87. The first-order valence-electron chi connectivity index (χ1n) is 8.04. The first-order chi connectivity index (χ1) is 11.4. The van der Waals surface area contributed by atoms with Crippen LogP contribution in [0.1, 0.15) is 23.2 Å². The van der Waals surface area contributed by atoms with E-state index < -0.39 is 15.7 Å². The maximum Gasteiger partial charge on any atom is 0.255 e. The molecule has 24 heavy (non-hydrogen) atoms. The summed E-state index contributed by atoms with van der Waals surface area (Å²) in [6, 6.07) is 4.12. The SMILES string of the molecule is O=C(c1ccc(F)cc1Cl)N1CCC(N2CCS(=O)(=O)CC2)CC1. The van der Waals surface area contributed by atoms with Crippen LogP contribution in [-0.2, 0) is 9.84 Å². The highest BCUT2D eigenvalue weighted by Crippen LogP contribution is 2.23. The van der Waals surface area contributed by atoms with E-state index in [2.05, 4.69) is 4.90 Å². The Balaban J connectivity index is 1.58. The van der Waals surface area contributed by atoms with Crippen molar-refractivity contribution in [2.45, 2.75) is 18.9 Å². The molecule has 1 aromatic rings. The molecule has 8 heteroatoms. The lowest BCUT2D eigenvalue weighted by Crippen LogP contribution is -2.51. The largest absolute Gasteiger partial charge is 0.338 e. The predicted molar refractivity (Wildman–Crippen MR) is 90.6 cm³/mol. The van der Waals surface area contributed by atoms with Gasteiger partial charge in [0.2, 0.25) is 0 Å². The van der Waals surface area contributed by atoms with Gasteiger partial charge < -0.3 is 4.90 Å². The van der Waals surface area contributed by atoms with Crippen molar-refractivity contribution < 1.29 is 17.6 Å². The molecule has 5 nitrogen and oxygen atoms in total. The standard InChI is InChI=1S/C16H20ClFN2O3S/c17-15-11-12(18)1-2-14(15)16(21)20-5-3-13(4-6-20)19-7-9-24(22,23)10-8-19/h1-2,11,13H,3-10H2. The van der Waals surface area contributed by atoms with Crippen LogP contribution in [0.4, 0.5) is 4.39 Å². The smallest absolute Gasteiger partial charge is 0.255 e. The van der Waals surface area contributed by atoms with Crippen molar-refractivity contribution >= 4 is 27.3 Å². The number of nitrogens with zero attached hydrogens (tertiary/aromatic N) is 2. The maximum atomic E-state index is 13.1. The number of rotatable bonds is 2. The van der Waals surface area contributed by atoms with Crippen molar-refractivity contribution in [1.82, 2.24) is 9.80 Å². The number of hydrogen-bond donors (Lipinski definition) is 0. The van der Waals surface area contributed by atoms with Crippen LogP contribution in [0.3, 0.4) is 0 Å². The molecule has 0 spiro atoms. The van der Waals surface area contributed by atoms with E-state index >= 15 is 0 Å².